The molecule has 22 heavy (non-hydrogen) atoms. The van der Waals surface area contributed by atoms with Gasteiger partial charge in [-0.1, -0.05) is 18.2 Å². The van der Waals surface area contributed by atoms with E-state index < -0.39 is 0 Å². The van der Waals surface area contributed by atoms with Crippen LogP contribution in [0.5, 0.6) is 0 Å². The standard InChI is InChI=1S/C18H14FNOS/c1-12-15-4-2-3-5-17(15)22-16(12)10-11-18(21)20-14-8-6-13(19)7-9-14/h2-11H,1H3,(H,20,21). The Hall–Kier alpha value is -2.46. The smallest absolute Gasteiger partial charge is 0.248 e. The van der Waals surface area contributed by atoms with Crippen molar-refractivity contribution in [3.63, 3.8) is 0 Å². The third-order valence-corrected chi connectivity index (χ3v) is 4.62. The van der Waals surface area contributed by atoms with E-state index in [9.17, 15) is 9.18 Å². The second kappa shape index (κ2) is 6.12. The largest absolute Gasteiger partial charge is 0.323 e. The summed E-state index contributed by atoms with van der Waals surface area (Å²) in [5, 5.41) is 3.92. The first-order valence-electron chi connectivity index (χ1n) is 6.86. The molecule has 0 aliphatic rings. The van der Waals surface area contributed by atoms with Crippen LogP contribution in [-0.4, -0.2) is 5.91 Å². The Morgan fingerprint density at radius 1 is 1.14 bits per heavy atom. The summed E-state index contributed by atoms with van der Waals surface area (Å²) in [7, 11) is 0. The van der Waals surface area contributed by atoms with Gasteiger partial charge in [-0.05, 0) is 54.3 Å². The molecule has 1 heterocycles. The fourth-order valence-corrected chi connectivity index (χ4v) is 3.33. The maximum absolute atomic E-state index is 12.8. The number of amides is 1. The summed E-state index contributed by atoms with van der Waals surface area (Å²) in [6.45, 7) is 2.05. The Morgan fingerprint density at radius 2 is 1.86 bits per heavy atom. The van der Waals surface area contributed by atoms with Crippen LogP contribution in [0.3, 0.4) is 0 Å². The molecule has 0 atom stereocenters. The molecular weight excluding hydrogens is 297 g/mol. The quantitative estimate of drug-likeness (QED) is 0.678. The first-order chi connectivity index (χ1) is 10.6. The molecule has 1 aromatic heterocycles. The molecule has 0 spiro atoms. The predicted molar refractivity (Wildman–Crippen MR) is 90.6 cm³/mol. The van der Waals surface area contributed by atoms with E-state index in [0.717, 1.165) is 4.88 Å². The van der Waals surface area contributed by atoms with Gasteiger partial charge in [-0.25, -0.2) is 4.39 Å². The van der Waals surface area contributed by atoms with E-state index in [4.69, 9.17) is 0 Å². The van der Waals surface area contributed by atoms with Crippen LogP contribution in [0.25, 0.3) is 16.2 Å². The van der Waals surface area contributed by atoms with Crippen molar-refractivity contribution in [1.82, 2.24) is 0 Å². The zero-order valence-corrected chi connectivity index (χ0v) is 12.8. The highest BCUT2D eigenvalue weighted by Gasteiger charge is 2.05. The van der Waals surface area contributed by atoms with Crippen LogP contribution in [0.15, 0.2) is 54.6 Å². The summed E-state index contributed by atoms with van der Waals surface area (Å²) in [5.41, 5.74) is 1.75. The normalized spacial score (nSPS) is 11.2. The van der Waals surface area contributed by atoms with Gasteiger partial charge in [0.2, 0.25) is 5.91 Å². The van der Waals surface area contributed by atoms with Crippen molar-refractivity contribution in [2.24, 2.45) is 0 Å². The minimum absolute atomic E-state index is 0.233. The molecule has 0 unspecified atom stereocenters. The lowest BCUT2D eigenvalue weighted by Crippen LogP contribution is -2.07. The van der Waals surface area contributed by atoms with Crippen molar-refractivity contribution in [2.45, 2.75) is 6.92 Å². The Morgan fingerprint density at radius 3 is 2.59 bits per heavy atom. The van der Waals surface area contributed by atoms with Gasteiger partial charge in [-0.3, -0.25) is 4.79 Å². The Labute approximate surface area is 131 Å². The van der Waals surface area contributed by atoms with E-state index in [2.05, 4.69) is 24.4 Å². The van der Waals surface area contributed by atoms with E-state index in [1.807, 2.05) is 18.2 Å². The van der Waals surface area contributed by atoms with Crippen molar-refractivity contribution < 1.29 is 9.18 Å². The van der Waals surface area contributed by atoms with Crippen molar-refractivity contribution in [3.8, 4) is 0 Å². The molecule has 3 rings (SSSR count). The average molecular weight is 311 g/mol. The van der Waals surface area contributed by atoms with Gasteiger partial charge < -0.3 is 5.32 Å². The number of halogens is 1. The number of fused-ring (bicyclic) bond motifs is 1. The third-order valence-electron chi connectivity index (χ3n) is 3.38. The van der Waals surface area contributed by atoms with Gasteiger partial charge in [0.25, 0.3) is 0 Å². The van der Waals surface area contributed by atoms with Crippen molar-refractivity contribution in [1.29, 1.82) is 0 Å². The lowest BCUT2D eigenvalue weighted by Gasteiger charge is -2.01. The zero-order valence-electron chi connectivity index (χ0n) is 12.0. The number of thiophene rings is 1. The second-order valence-electron chi connectivity index (χ2n) is 4.92. The Kier molecular flexibility index (Phi) is 4.02. The minimum atomic E-state index is -0.325. The Bertz CT molecular complexity index is 849. The fraction of sp³-hybridized carbons (Fsp3) is 0.0556. The summed E-state index contributed by atoms with van der Waals surface area (Å²) in [4.78, 5) is 13.0. The molecule has 0 saturated heterocycles. The average Bonchev–Trinajstić information content (AvgIpc) is 2.84. The van der Waals surface area contributed by atoms with Crippen LogP contribution < -0.4 is 5.32 Å². The topological polar surface area (TPSA) is 29.1 Å². The van der Waals surface area contributed by atoms with Crippen molar-refractivity contribution in [3.05, 3.63) is 70.9 Å². The first-order valence-corrected chi connectivity index (χ1v) is 7.68. The maximum Gasteiger partial charge on any atom is 0.248 e. The van der Waals surface area contributed by atoms with Crippen molar-refractivity contribution in [2.75, 3.05) is 5.32 Å². The van der Waals surface area contributed by atoms with Gasteiger partial charge in [0.1, 0.15) is 5.82 Å². The van der Waals surface area contributed by atoms with E-state index in [0.29, 0.717) is 5.69 Å². The predicted octanol–water partition coefficient (Wildman–Crippen LogP) is 5.00. The molecule has 4 heteroatoms. The fourth-order valence-electron chi connectivity index (χ4n) is 2.22. The third kappa shape index (κ3) is 3.07. The molecular formula is C18H14FNOS. The molecule has 0 radical (unpaired) electrons. The molecule has 0 aliphatic heterocycles. The molecule has 2 nitrogen and oxygen atoms in total. The van der Waals surface area contributed by atoms with Gasteiger partial charge in [0.15, 0.2) is 0 Å². The van der Waals surface area contributed by atoms with E-state index >= 15 is 0 Å². The van der Waals surface area contributed by atoms with Crippen LogP contribution in [0.1, 0.15) is 10.4 Å². The molecule has 0 aliphatic carbocycles. The highest BCUT2D eigenvalue weighted by atomic mass is 32.1. The molecule has 0 fully saturated rings. The van der Waals surface area contributed by atoms with Crippen LogP contribution >= 0.6 is 11.3 Å². The zero-order chi connectivity index (χ0) is 15.5. The SMILES string of the molecule is Cc1c(C=CC(=O)Nc2ccc(F)cc2)sc2ccccc12. The van der Waals surface area contributed by atoms with Crippen molar-refractivity contribution >= 4 is 39.1 Å². The highest BCUT2D eigenvalue weighted by molar-refractivity contribution is 7.20. The highest BCUT2D eigenvalue weighted by Crippen LogP contribution is 2.31. The number of nitrogens with one attached hydrogen (secondary N) is 1. The molecule has 1 amide bonds. The molecule has 2 aromatic carbocycles. The van der Waals surface area contributed by atoms with Gasteiger partial charge >= 0.3 is 0 Å². The summed E-state index contributed by atoms with van der Waals surface area (Å²) in [6, 6.07) is 13.9. The first kappa shape index (κ1) is 14.5. The lowest BCUT2D eigenvalue weighted by atomic mass is 10.1. The molecule has 3 aromatic rings. The number of hydrogen-bond donors (Lipinski definition) is 1. The number of aryl methyl sites for hydroxylation is 1. The van der Waals surface area contributed by atoms with Gasteiger partial charge in [-0.15, -0.1) is 11.3 Å². The van der Waals surface area contributed by atoms with Crippen LogP contribution in [-0.2, 0) is 4.79 Å². The monoisotopic (exact) mass is 311 g/mol. The van der Waals surface area contributed by atoms with Crippen LogP contribution in [0, 0.1) is 12.7 Å². The van der Waals surface area contributed by atoms with Gasteiger partial charge in [-0.2, -0.15) is 0 Å². The summed E-state index contributed by atoms with van der Waals surface area (Å²) < 4.78 is 14.0. The number of carbonyl (C=O) groups is 1. The number of anilines is 1. The van der Waals surface area contributed by atoms with Crippen LogP contribution in [0.2, 0.25) is 0 Å². The van der Waals surface area contributed by atoms with E-state index in [1.54, 1.807) is 11.3 Å². The second-order valence-corrected chi connectivity index (χ2v) is 6.00. The minimum Gasteiger partial charge on any atom is -0.323 e. The molecule has 0 bridgehead atoms. The molecule has 110 valence electrons. The summed E-state index contributed by atoms with van der Waals surface area (Å²) in [6.07, 6.45) is 3.32. The number of hydrogen-bond acceptors (Lipinski definition) is 2. The van der Waals surface area contributed by atoms with Crippen LogP contribution in [0.4, 0.5) is 10.1 Å². The van der Waals surface area contributed by atoms with E-state index in [-0.39, 0.29) is 11.7 Å². The molecule has 0 saturated carbocycles. The van der Waals surface area contributed by atoms with Gasteiger partial charge in [0.05, 0.1) is 0 Å². The van der Waals surface area contributed by atoms with Gasteiger partial charge in [0, 0.05) is 21.3 Å². The number of rotatable bonds is 3. The summed E-state index contributed by atoms with van der Waals surface area (Å²) >= 11 is 1.66. The lowest BCUT2D eigenvalue weighted by molar-refractivity contribution is -0.111. The maximum atomic E-state index is 12.8. The number of benzene rings is 2. The number of carbonyl (C=O) groups excluding carboxylic acids is 1. The van der Waals surface area contributed by atoms with E-state index in [1.165, 1.54) is 46.0 Å². The summed E-state index contributed by atoms with van der Waals surface area (Å²) in [5.74, 6) is -0.557. The molecule has 1 N–H and O–H groups in total. The Balaban J connectivity index is 1.76.